The highest BCUT2D eigenvalue weighted by Gasteiger charge is 2.31. The molecule has 118 valence electrons. The molecule has 1 aliphatic rings. The first-order valence-corrected chi connectivity index (χ1v) is 8.05. The molecular formula is C16H32N2O2. The highest BCUT2D eigenvalue weighted by atomic mass is 16.5. The van der Waals surface area contributed by atoms with Gasteiger partial charge in [-0.15, -0.1) is 0 Å². The number of hydrogen-bond donors (Lipinski definition) is 1. The number of methoxy groups -OCH3 is 1. The van der Waals surface area contributed by atoms with Gasteiger partial charge in [-0.05, 0) is 65.1 Å². The summed E-state index contributed by atoms with van der Waals surface area (Å²) in [5.41, 5.74) is -0.537. The Balaban J connectivity index is 2.20. The monoisotopic (exact) mass is 284 g/mol. The molecule has 0 aromatic heterocycles. The molecule has 0 saturated carbocycles. The van der Waals surface area contributed by atoms with Gasteiger partial charge in [-0.2, -0.15) is 0 Å². The van der Waals surface area contributed by atoms with E-state index in [2.05, 4.69) is 17.1 Å². The molecule has 0 aliphatic carbocycles. The zero-order valence-electron chi connectivity index (χ0n) is 13.7. The Kier molecular flexibility index (Phi) is 7.52. The standard InChI is InChI=1S/C16H32N2O2/c1-5-8-14-9-12-18(13-14)11-7-6-10-16(2,17-3)15(19)20-4/h14,17H,5-13H2,1-4H3. The minimum Gasteiger partial charge on any atom is -0.468 e. The van der Waals surface area contributed by atoms with Crippen LogP contribution in [0.3, 0.4) is 0 Å². The quantitative estimate of drug-likeness (QED) is 0.521. The molecule has 0 radical (unpaired) electrons. The lowest BCUT2D eigenvalue weighted by Gasteiger charge is -2.26. The number of nitrogens with one attached hydrogen (secondary N) is 1. The predicted octanol–water partition coefficient (Wildman–Crippen LogP) is 2.43. The Morgan fingerprint density at radius 1 is 1.45 bits per heavy atom. The molecule has 1 fully saturated rings. The summed E-state index contributed by atoms with van der Waals surface area (Å²) in [4.78, 5) is 14.3. The number of nitrogens with zero attached hydrogens (tertiary/aromatic N) is 1. The van der Waals surface area contributed by atoms with Crippen LogP contribution in [0.5, 0.6) is 0 Å². The first-order valence-electron chi connectivity index (χ1n) is 8.05. The van der Waals surface area contributed by atoms with Gasteiger partial charge in [0.1, 0.15) is 5.54 Å². The van der Waals surface area contributed by atoms with E-state index in [1.807, 2.05) is 14.0 Å². The van der Waals surface area contributed by atoms with Crippen LogP contribution in [-0.4, -0.2) is 50.2 Å². The number of ether oxygens (including phenoxy) is 1. The summed E-state index contributed by atoms with van der Waals surface area (Å²) in [7, 11) is 3.28. The molecule has 1 saturated heterocycles. The van der Waals surface area contributed by atoms with E-state index in [0.717, 1.165) is 25.2 Å². The fourth-order valence-corrected chi connectivity index (χ4v) is 3.13. The molecule has 4 heteroatoms. The smallest absolute Gasteiger partial charge is 0.325 e. The van der Waals surface area contributed by atoms with Crippen LogP contribution in [0.4, 0.5) is 0 Å². The van der Waals surface area contributed by atoms with Gasteiger partial charge in [-0.3, -0.25) is 4.79 Å². The Morgan fingerprint density at radius 3 is 2.80 bits per heavy atom. The number of unbranched alkanes of at least 4 members (excludes halogenated alkanes) is 1. The average molecular weight is 284 g/mol. The molecule has 2 atom stereocenters. The first kappa shape index (κ1) is 17.4. The van der Waals surface area contributed by atoms with Crippen molar-refractivity contribution >= 4 is 5.97 Å². The fourth-order valence-electron chi connectivity index (χ4n) is 3.13. The minimum atomic E-state index is -0.537. The zero-order chi connectivity index (χ0) is 15.0. The lowest BCUT2D eigenvalue weighted by Crippen LogP contribution is -2.48. The Hall–Kier alpha value is -0.610. The van der Waals surface area contributed by atoms with Crippen LogP contribution in [0.2, 0.25) is 0 Å². The SMILES string of the molecule is CCCC1CCN(CCCCC(C)(NC)C(=O)OC)C1. The third-order valence-electron chi connectivity index (χ3n) is 4.66. The maximum atomic E-state index is 11.7. The van der Waals surface area contributed by atoms with Gasteiger partial charge in [0.05, 0.1) is 7.11 Å². The van der Waals surface area contributed by atoms with Crippen molar-refractivity contribution in [3.63, 3.8) is 0 Å². The summed E-state index contributed by atoms with van der Waals surface area (Å²) in [5.74, 6) is 0.752. The Labute approximate surface area is 124 Å². The van der Waals surface area contributed by atoms with Crippen LogP contribution in [-0.2, 0) is 9.53 Å². The topological polar surface area (TPSA) is 41.6 Å². The Morgan fingerprint density at radius 2 is 2.20 bits per heavy atom. The van der Waals surface area contributed by atoms with Gasteiger partial charge in [-0.1, -0.05) is 13.3 Å². The predicted molar refractivity (Wildman–Crippen MR) is 82.8 cm³/mol. The summed E-state index contributed by atoms with van der Waals surface area (Å²) >= 11 is 0. The highest BCUT2D eigenvalue weighted by molar-refractivity contribution is 5.80. The van der Waals surface area contributed by atoms with E-state index in [9.17, 15) is 4.79 Å². The van der Waals surface area contributed by atoms with Crippen LogP contribution in [0.25, 0.3) is 0 Å². The van der Waals surface area contributed by atoms with Crippen molar-refractivity contribution in [3.05, 3.63) is 0 Å². The molecule has 4 nitrogen and oxygen atoms in total. The summed E-state index contributed by atoms with van der Waals surface area (Å²) in [5, 5.41) is 3.09. The highest BCUT2D eigenvalue weighted by Crippen LogP contribution is 2.22. The van der Waals surface area contributed by atoms with Crippen molar-refractivity contribution in [3.8, 4) is 0 Å². The van der Waals surface area contributed by atoms with E-state index in [1.54, 1.807) is 0 Å². The molecule has 1 rings (SSSR count). The van der Waals surface area contributed by atoms with Crippen molar-refractivity contribution < 1.29 is 9.53 Å². The van der Waals surface area contributed by atoms with E-state index < -0.39 is 5.54 Å². The van der Waals surface area contributed by atoms with E-state index in [4.69, 9.17) is 4.74 Å². The first-order chi connectivity index (χ1) is 9.55. The van der Waals surface area contributed by atoms with Gasteiger partial charge < -0.3 is 15.0 Å². The second-order valence-electron chi connectivity index (χ2n) is 6.27. The number of rotatable bonds is 9. The largest absolute Gasteiger partial charge is 0.468 e. The van der Waals surface area contributed by atoms with Crippen molar-refractivity contribution in [2.45, 2.75) is 57.9 Å². The van der Waals surface area contributed by atoms with Crippen molar-refractivity contribution in [2.75, 3.05) is 33.8 Å². The molecule has 20 heavy (non-hydrogen) atoms. The number of esters is 1. The maximum absolute atomic E-state index is 11.7. The van der Waals surface area contributed by atoms with Crippen LogP contribution in [0.15, 0.2) is 0 Å². The summed E-state index contributed by atoms with van der Waals surface area (Å²) < 4.78 is 4.87. The fraction of sp³-hybridized carbons (Fsp3) is 0.938. The van der Waals surface area contributed by atoms with Crippen LogP contribution >= 0.6 is 0 Å². The van der Waals surface area contributed by atoms with E-state index in [-0.39, 0.29) is 5.97 Å². The summed E-state index contributed by atoms with van der Waals surface area (Å²) in [6.07, 6.45) is 7.09. The lowest BCUT2D eigenvalue weighted by atomic mass is 9.95. The number of carbonyl (C=O) groups is 1. The molecule has 0 aromatic rings. The van der Waals surface area contributed by atoms with E-state index in [0.29, 0.717) is 0 Å². The molecular weight excluding hydrogens is 252 g/mol. The molecule has 1 N–H and O–H groups in total. The second kappa shape index (κ2) is 8.63. The van der Waals surface area contributed by atoms with Crippen molar-refractivity contribution in [1.82, 2.24) is 10.2 Å². The van der Waals surface area contributed by atoms with Crippen LogP contribution < -0.4 is 5.32 Å². The molecule has 0 amide bonds. The van der Waals surface area contributed by atoms with E-state index in [1.165, 1.54) is 46.0 Å². The number of carbonyl (C=O) groups excluding carboxylic acids is 1. The zero-order valence-corrected chi connectivity index (χ0v) is 13.7. The van der Waals surface area contributed by atoms with E-state index >= 15 is 0 Å². The number of hydrogen-bond acceptors (Lipinski definition) is 4. The third-order valence-corrected chi connectivity index (χ3v) is 4.66. The number of likely N-dealkylation sites (N-methyl/N-ethyl adjacent to an activating group) is 1. The van der Waals surface area contributed by atoms with Gasteiger partial charge in [0.15, 0.2) is 0 Å². The third kappa shape index (κ3) is 5.06. The maximum Gasteiger partial charge on any atom is 0.325 e. The Bertz CT molecular complexity index is 296. The van der Waals surface area contributed by atoms with Crippen LogP contribution in [0.1, 0.15) is 52.4 Å². The van der Waals surface area contributed by atoms with Crippen LogP contribution in [0, 0.1) is 5.92 Å². The number of likely N-dealkylation sites (tertiary alicyclic amines) is 1. The van der Waals surface area contributed by atoms with Gasteiger partial charge in [0.2, 0.25) is 0 Å². The average Bonchev–Trinajstić information content (AvgIpc) is 2.90. The van der Waals surface area contributed by atoms with Gasteiger partial charge in [0.25, 0.3) is 0 Å². The molecule has 0 aromatic carbocycles. The second-order valence-corrected chi connectivity index (χ2v) is 6.27. The van der Waals surface area contributed by atoms with Gasteiger partial charge in [-0.25, -0.2) is 0 Å². The lowest BCUT2D eigenvalue weighted by molar-refractivity contribution is -0.148. The minimum absolute atomic E-state index is 0.163. The normalized spacial score (nSPS) is 22.7. The summed E-state index contributed by atoms with van der Waals surface area (Å²) in [6.45, 7) is 7.89. The molecule has 1 aliphatic heterocycles. The molecule has 2 unspecified atom stereocenters. The van der Waals surface area contributed by atoms with Crippen molar-refractivity contribution in [2.24, 2.45) is 5.92 Å². The molecule has 0 bridgehead atoms. The molecule has 1 heterocycles. The van der Waals surface area contributed by atoms with Crippen molar-refractivity contribution in [1.29, 1.82) is 0 Å². The van der Waals surface area contributed by atoms with Gasteiger partial charge in [0, 0.05) is 6.54 Å². The van der Waals surface area contributed by atoms with Gasteiger partial charge >= 0.3 is 5.97 Å². The summed E-state index contributed by atoms with van der Waals surface area (Å²) in [6, 6.07) is 0. The molecule has 0 spiro atoms.